The zero-order valence-electron chi connectivity index (χ0n) is 16.7. The Morgan fingerprint density at radius 2 is 1.97 bits per heavy atom. The molecular weight excluding hydrogens is 392 g/mol. The number of halogens is 1. The zero-order chi connectivity index (χ0) is 20.1. The molecule has 7 nitrogen and oxygen atoms in total. The normalized spacial score (nSPS) is 21.1. The van der Waals surface area contributed by atoms with Gasteiger partial charge in [0.2, 0.25) is 0 Å². The minimum atomic E-state index is 0.0146. The molecule has 0 aliphatic carbocycles. The summed E-state index contributed by atoms with van der Waals surface area (Å²) in [6, 6.07) is 3.66. The molecule has 0 radical (unpaired) electrons. The molecule has 2 aromatic heterocycles. The first kappa shape index (κ1) is 20.6. The maximum Gasteiger partial charge on any atom is 0.274 e. The number of pyridine rings is 1. The van der Waals surface area contributed by atoms with Gasteiger partial charge in [0.15, 0.2) is 5.69 Å². The molecule has 2 saturated heterocycles. The summed E-state index contributed by atoms with van der Waals surface area (Å²) >= 11 is 6.22. The van der Waals surface area contributed by atoms with E-state index in [4.69, 9.17) is 21.1 Å². The van der Waals surface area contributed by atoms with Gasteiger partial charge >= 0.3 is 0 Å². The number of amides is 1. The second-order valence-corrected chi connectivity index (χ2v) is 8.18. The number of likely N-dealkylation sites (tertiary alicyclic amines) is 1. The van der Waals surface area contributed by atoms with Crippen molar-refractivity contribution in [2.24, 2.45) is 0 Å². The van der Waals surface area contributed by atoms with E-state index in [0.29, 0.717) is 43.6 Å². The van der Waals surface area contributed by atoms with Crippen LogP contribution in [0.1, 0.15) is 48.3 Å². The highest BCUT2D eigenvalue weighted by Crippen LogP contribution is 2.20. The second-order valence-electron chi connectivity index (χ2n) is 7.74. The summed E-state index contributed by atoms with van der Waals surface area (Å²) in [4.78, 5) is 20.0. The molecule has 4 rings (SSSR count). The fourth-order valence-electron chi connectivity index (χ4n) is 4.01. The fourth-order valence-corrected chi connectivity index (χ4v) is 4.17. The molecule has 0 bridgehead atoms. The molecule has 158 valence electrons. The fraction of sp³-hybridized carbons (Fsp3) is 0.619. The summed E-state index contributed by atoms with van der Waals surface area (Å²) in [6.07, 6.45) is 7.59. The molecule has 8 heteroatoms. The third-order valence-corrected chi connectivity index (χ3v) is 5.80. The van der Waals surface area contributed by atoms with Crippen LogP contribution in [0.5, 0.6) is 0 Å². The number of rotatable bonds is 5. The molecule has 2 aliphatic heterocycles. The number of hydrogen-bond donors (Lipinski definition) is 1. The van der Waals surface area contributed by atoms with Gasteiger partial charge in [-0.05, 0) is 25.0 Å². The van der Waals surface area contributed by atoms with Crippen molar-refractivity contribution in [1.82, 2.24) is 19.6 Å². The molecule has 0 saturated carbocycles. The third kappa shape index (κ3) is 5.09. The van der Waals surface area contributed by atoms with Crippen LogP contribution >= 0.6 is 11.6 Å². The Morgan fingerprint density at radius 3 is 2.72 bits per heavy atom. The number of aromatic nitrogens is 2. The summed E-state index contributed by atoms with van der Waals surface area (Å²) in [6.45, 7) is 4.63. The SMILES string of the molecule is O=C(c1nc2ccc(Cl)cn2c1CNCC1COCCO1)N1CCCCCCC1. The van der Waals surface area contributed by atoms with E-state index in [2.05, 4.69) is 10.3 Å². The minimum Gasteiger partial charge on any atom is -0.376 e. The molecular formula is C21H29ClN4O3. The number of fused-ring (bicyclic) bond motifs is 1. The van der Waals surface area contributed by atoms with E-state index < -0.39 is 0 Å². The molecule has 2 fully saturated rings. The van der Waals surface area contributed by atoms with Gasteiger partial charge in [0.25, 0.3) is 5.91 Å². The predicted molar refractivity (Wildman–Crippen MR) is 111 cm³/mol. The standard InChI is InChI=1S/C21H29ClN4O3/c22-16-6-7-19-24-20(21(27)25-8-4-2-1-3-5-9-25)18(26(19)14-16)13-23-12-17-15-28-10-11-29-17/h6-7,14,17,23H,1-5,8-13,15H2. The van der Waals surface area contributed by atoms with Gasteiger partial charge in [-0.2, -0.15) is 0 Å². The molecule has 1 atom stereocenters. The van der Waals surface area contributed by atoms with Crippen molar-refractivity contribution >= 4 is 23.2 Å². The largest absolute Gasteiger partial charge is 0.376 e. The van der Waals surface area contributed by atoms with Crippen LogP contribution < -0.4 is 5.32 Å². The van der Waals surface area contributed by atoms with E-state index in [0.717, 1.165) is 37.3 Å². The van der Waals surface area contributed by atoms with Crippen molar-refractivity contribution in [3.05, 3.63) is 34.7 Å². The summed E-state index contributed by atoms with van der Waals surface area (Å²) in [7, 11) is 0. The van der Waals surface area contributed by atoms with Crippen LogP contribution in [0, 0.1) is 0 Å². The number of carbonyl (C=O) groups is 1. The lowest BCUT2D eigenvalue weighted by Crippen LogP contribution is -2.38. The van der Waals surface area contributed by atoms with Crippen LogP contribution in [0.4, 0.5) is 0 Å². The van der Waals surface area contributed by atoms with Crippen LogP contribution in [0.2, 0.25) is 5.02 Å². The van der Waals surface area contributed by atoms with Crippen LogP contribution in [-0.4, -0.2) is 65.8 Å². The molecule has 0 aromatic carbocycles. The highest BCUT2D eigenvalue weighted by atomic mass is 35.5. The van der Waals surface area contributed by atoms with E-state index in [1.165, 1.54) is 19.3 Å². The lowest BCUT2D eigenvalue weighted by atomic mass is 10.1. The second kappa shape index (κ2) is 9.89. The number of imidazole rings is 1. The summed E-state index contributed by atoms with van der Waals surface area (Å²) in [5.41, 5.74) is 2.09. The quantitative estimate of drug-likeness (QED) is 0.805. The summed E-state index contributed by atoms with van der Waals surface area (Å²) < 4.78 is 13.1. The van der Waals surface area contributed by atoms with Crippen LogP contribution in [-0.2, 0) is 16.0 Å². The van der Waals surface area contributed by atoms with Crippen molar-refractivity contribution in [3.63, 3.8) is 0 Å². The van der Waals surface area contributed by atoms with Crippen molar-refractivity contribution in [3.8, 4) is 0 Å². The minimum absolute atomic E-state index is 0.0146. The lowest BCUT2D eigenvalue weighted by molar-refractivity contribution is -0.0864. The maximum absolute atomic E-state index is 13.3. The van der Waals surface area contributed by atoms with Crippen molar-refractivity contribution in [1.29, 1.82) is 0 Å². The van der Waals surface area contributed by atoms with Gasteiger partial charge in [-0.1, -0.05) is 30.9 Å². The van der Waals surface area contributed by atoms with Gasteiger partial charge in [-0.25, -0.2) is 4.98 Å². The van der Waals surface area contributed by atoms with Gasteiger partial charge < -0.3 is 24.1 Å². The predicted octanol–water partition coefficient (Wildman–Crippen LogP) is 2.90. The van der Waals surface area contributed by atoms with Gasteiger partial charge in [0, 0.05) is 32.4 Å². The summed E-state index contributed by atoms with van der Waals surface area (Å²) in [5.74, 6) is 0.0146. The first-order valence-electron chi connectivity index (χ1n) is 10.6. The topological polar surface area (TPSA) is 68.1 Å². The van der Waals surface area contributed by atoms with E-state index in [9.17, 15) is 4.79 Å². The maximum atomic E-state index is 13.3. The van der Waals surface area contributed by atoms with Crippen molar-refractivity contribution in [2.75, 3.05) is 39.5 Å². The smallest absolute Gasteiger partial charge is 0.274 e. The van der Waals surface area contributed by atoms with Crippen molar-refractivity contribution < 1.29 is 14.3 Å². The first-order chi connectivity index (χ1) is 14.2. The number of hydrogen-bond acceptors (Lipinski definition) is 5. The molecule has 0 spiro atoms. The molecule has 1 amide bonds. The van der Waals surface area contributed by atoms with Crippen LogP contribution in [0.15, 0.2) is 18.3 Å². The number of ether oxygens (including phenoxy) is 2. The molecule has 2 aliphatic rings. The highest BCUT2D eigenvalue weighted by molar-refractivity contribution is 6.30. The van der Waals surface area contributed by atoms with Crippen molar-refractivity contribution in [2.45, 2.75) is 44.8 Å². The van der Waals surface area contributed by atoms with E-state index in [-0.39, 0.29) is 12.0 Å². The van der Waals surface area contributed by atoms with Gasteiger partial charge in [-0.15, -0.1) is 0 Å². The molecule has 29 heavy (non-hydrogen) atoms. The monoisotopic (exact) mass is 420 g/mol. The Balaban J connectivity index is 1.54. The first-order valence-corrected chi connectivity index (χ1v) is 11.0. The Morgan fingerprint density at radius 1 is 1.17 bits per heavy atom. The molecule has 2 aromatic rings. The summed E-state index contributed by atoms with van der Waals surface area (Å²) in [5, 5.41) is 4.03. The third-order valence-electron chi connectivity index (χ3n) is 5.58. The number of nitrogens with zero attached hydrogens (tertiary/aromatic N) is 3. The number of carbonyl (C=O) groups excluding carboxylic acids is 1. The lowest BCUT2D eigenvalue weighted by Gasteiger charge is -2.25. The van der Waals surface area contributed by atoms with Gasteiger partial charge in [0.05, 0.1) is 36.6 Å². The van der Waals surface area contributed by atoms with Gasteiger partial charge in [-0.3, -0.25) is 4.79 Å². The molecule has 1 unspecified atom stereocenters. The zero-order valence-corrected chi connectivity index (χ0v) is 17.5. The average Bonchev–Trinajstić information content (AvgIpc) is 3.06. The Bertz CT molecular complexity index is 827. The van der Waals surface area contributed by atoms with E-state index >= 15 is 0 Å². The van der Waals surface area contributed by atoms with Gasteiger partial charge in [0.1, 0.15) is 5.65 Å². The number of nitrogens with one attached hydrogen (secondary N) is 1. The molecule has 4 heterocycles. The Hall–Kier alpha value is -1.67. The van der Waals surface area contributed by atoms with Crippen LogP contribution in [0.25, 0.3) is 5.65 Å². The highest BCUT2D eigenvalue weighted by Gasteiger charge is 2.24. The Labute approximate surface area is 176 Å². The van der Waals surface area contributed by atoms with E-state index in [1.807, 2.05) is 21.6 Å². The average molecular weight is 421 g/mol. The van der Waals surface area contributed by atoms with Crippen LogP contribution in [0.3, 0.4) is 0 Å². The van der Waals surface area contributed by atoms with E-state index in [1.54, 1.807) is 6.07 Å². The molecule has 1 N–H and O–H groups in total. The Kier molecular flexibility index (Phi) is 7.02.